The van der Waals surface area contributed by atoms with Gasteiger partial charge in [0.15, 0.2) is 0 Å². The van der Waals surface area contributed by atoms with Crippen LogP contribution in [0.2, 0.25) is 0 Å². The molecule has 0 aliphatic rings. The third-order valence-corrected chi connectivity index (χ3v) is 8.17. The van der Waals surface area contributed by atoms with E-state index < -0.39 is 0 Å². The monoisotopic (exact) mass is 501 g/mol. The quantitative estimate of drug-likeness (QED) is 0.241. The first kappa shape index (κ1) is 22.3. The van der Waals surface area contributed by atoms with Crippen molar-refractivity contribution in [2.45, 2.75) is 39.5 Å². The maximum Gasteiger partial charge on any atom is 0.149 e. The summed E-state index contributed by atoms with van der Waals surface area (Å²) < 4.78 is 10.1. The fourth-order valence-corrected chi connectivity index (χ4v) is 6.40. The van der Waals surface area contributed by atoms with Crippen LogP contribution in [0.25, 0.3) is 60.3 Å². The van der Waals surface area contributed by atoms with Crippen molar-refractivity contribution in [1.82, 2.24) is 14.5 Å². The molecule has 0 unspecified atom stereocenters. The topological polar surface area (TPSA) is 43.9 Å². The lowest BCUT2D eigenvalue weighted by Crippen LogP contribution is -2.08. The van der Waals surface area contributed by atoms with E-state index in [-0.39, 0.29) is 0 Å². The highest BCUT2D eigenvalue weighted by Gasteiger charge is 2.25. The molecule has 0 saturated carbocycles. The van der Waals surface area contributed by atoms with Crippen molar-refractivity contribution >= 4 is 54.5 Å². The zero-order valence-corrected chi connectivity index (χ0v) is 22.1. The van der Waals surface area contributed by atoms with Crippen molar-refractivity contribution in [2.24, 2.45) is 0 Å². The van der Waals surface area contributed by atoms with Crippen LogP contribution in [0.1, 0.15) is 50.7 Å². The van der Waals surface area contributed by atoms with E-state index in [1.54, 1.807) is 11.3 Å². The lowest BCUT2D eigenvalue weighted by atomic mass is 9.92. The van der Waals surface area contributed by atoms with Crippen molar-refractivity contribution < 1.29 is 4.42 Å². The van der Waals surface area contributed by atoms with Gasteiger partial charge in [-0.3, -0.25) is 4.57 Å². The van der Waals surface area contributed by atoms with E-state index in [4.69, 9.17) is 14.4 Å². The molecule has 0 bridgehead atoms. The Balaban J connectivity index is 1.68. The van der Waals surface area contributed by atoms with E-state index in [0.717, 1.165) is 54.6 Å². The maximum absolute atomic E-state index is 6.58. The normalized spacial score (nSPS) is 12.3. The minimum absolute atomic E-state index is 0.356. The number of hydrogen-bond acceptors (Lipinski definition) is 4. The SMILES string of the molecule is CC(C)c1cccc(C(C)C)c1-n1c(-c2cc3ncsc3c3c2oc2ccccc23)nc2ccccc21. The highest BCUT2D eigenvalue weighted by atomic mass is 32.1. The Bertz CT molecular complexity index is 1930. The van der Waals surface area contributed by atoms with Crippen molar-refractivity contribution in [3.63, 3.8) is 0 Å². The molecule has 0 fully saturated rings. The maximum atomic E-state index is 6.58. The first-order valence-electron chi connectivity index (χ1n) is 12.8. The van der Waals surface area contributed by atoms with Gasteiger partial charge in [0.25, 0.3) is 0 Å². The van der Waals surface area contributed by atoms with Gasteiger partial charge in [-0.15, -0.1) is 11.3 Å². The molecule has 0 aliphatic heterocycles. The van der Waals surface area contributed by atoms with Gasteiger partial charge in [-0.25, -0.2) is 9.97 Å². The summed E-state index contributed by atoms with van der Waals surface area (Å²) in [6, 6.07) is 25.5. The molecule has 7 rings (SSSR count). The predicted molar refractivity (Wildman–Crippen MR) is 155 cm³/mol. The smallest absolute Gasteiger partial charge is 0.149 e. The molecule has 3 aromatic heterocycles. The first-order valence-corrected chi connectivity index (χ1v) is 13.7. The van der Waals surface area contributed by atoms with Crippen LogP contribution >= 0.6 is 11.3 Å². The van der Waals surface area contributed by atoms with Crippen LogP contribution in [0.4, 0.5) is 0 Å². The van der Waals surface area contributed by atoms with Gasteiger partial charge in [-0.2, -0.15) is 0 Å². The summed E-state index contributed by atoms with van der Waals surface area (Å²) in [5.41, 5.74) is 11.5. The summed E-state index contributed by atoms with van der Waals surface area (Å²) in [5.74, 6) is 1.60. The number of imidazole rings is 1. The number of fused-ring (bicyclic) bond motifs is 6. The zero-order chi connectivity index (χ0) is 25.3. The number of benzene rings is 4. The van der Waals surface area contributed by atoms with Gasteiger partial charge in [0.2, 0.25) is 0 Å². The molecule has 7 aromatic rings. The number of nitrogens with zero attached hydrogens (tertiary/aromatic N) is 3. The lowest BCUT2D eigenvalue weighted by Gasteiger charge is -2.22. The molecule has 0 saturated heterocycles. The van der Waals surface area contributed by atoms with Crippen LogP contribution in [-0.4, -0.2) is 14.5 Å². The Labute approximate surface area is 219 Å². The molecule has 0 spiro atoms. The summed E-state index contributed by atoms with van der Waals surface area (Å²) in [6.45, 7) is 9.06. The van der Waals surface area contributed by atoms with E-state index in [1.807, 2.05) is 17.6 Å². The number of hydrogen-bond donors (Lipinski definition) is 0. The second-order valence-electron chi connectivity index (χ2n) is 10.3. The molecule has 4 nitrogen and oxygen atoms in total. The van der Waals surface area contributed by atoms with E-state index in [1.165, 1.54) is 16.8 Å². The van der Waals surface area contributed by atoms with E-state index in [9.17, 15) is 0 Å². The summed E-state index contributed by atoms with van der Waals surface area (Å²) in [4.78, 5) is 9.98. The number of para-hydroxylation sites is 4. The fourth-order valence-electron chi connectivity index (χ4n) is 5.58. The Kier molecular flexibility index (Phi) is 4.98. The Morgan fingerprint density at radius 1 is 0.811 bits per heavy atom. The van der Waals surface area contributed by atoms with Gasteiger partial charge in [-0.05, 0) is 47.2 Å². The van der Waals surface area contributed by atoms with Gasteiger partial charge in [0.05, 0.1) is 38.0 Å². The van der Waals surface area contributed by atoms with Crippen LogP contribution in [0.15, 0.2) is 82.7 Å². The van der Waals surface area contributed by atoms with Gasteiger partial charge < -0.3 is 4.42 Å². The van der Waals surface area contributed by atoms with Crippen molar-refractivity contribution in [2.75, 3.05) is 0 Å². The number of thiazole rings is 1. The molecule has 0 N–H and O–H groups in total. The summed E-state index contributed by atoms with van der Waals surface area (Å²) >= 11 is 1.66. The van der Waals surface area contributed by atoms with Crippen molar-refractivity contribution in [1.29, 1.82) is 0 Å². The van der Waals surface area contributed by atoms with Gasteiger partial charge in [-0.1, -0.05) is 76.2 Å². The third kappa shape index (κ3) is 3.27. The second-order valence-corrected chi connectivity index (χ2v) is 11.1. The standard InChI is InChI=1S/C32H27N3OS/c1-18(2)20-11-9-12-21(19(3)4)29(20)35-26-14-7-6-13-24(26)34-32(35)23-16-25-31(37-17-33-25)28-22-10-5-8-15-27(22)36-30(23)28/h5-19H,1-4H3. The molecule has 182 valence electrons. The molecule has 0 radical (unpaired) electrons. The molecule has 37 heavy (non-hydrogen) atoms. The largest absolute Gasteiger partial charge is 0.455 e. The third-order valence-electron chi connectivity index (χ3n) is 7.31. The predicted octanol–water partition coefficient (Wildman–Crippen LogP) is 9.45. The van der Waals surface area contributed by atoms with Crippen LogP contribution in [-0.2, 0) is 0 Å². The molecular weight excluding hydrogens is 474 g/mol. The van der Waals surface area contributed by atoms with Gasteiger partial charge in [0.1, 0.15) is 17.0 Å². The Hall–Kier alpha value is -3.96. The van der Waals surface area contributed by atoms with Crippen LogP contribution in [0.5, 0.6) is 0 Å². The Morgan fingerprint density at radius 3 is 2.32 bits per heavy atom. The van der Waals surface area contributed by atoms with Crippen LogP contribution in [0, 0.1) is 0 Å². The van der Waals surface area contributed by atoms with Crippen LogP contribution < -0.4 is 0 Å². The average molecular weight is 502 g/mol. The zero-order valence-electron chi connectivity index (χ0n) is 21.3. The second kappa shape index (κ2) is 8.29. The number of furan rings is 1. The lowest BCUT2D eigenvalue weighted by molar-refractivity contribution is 0.669. The summed E-state index contributed by atoms with van der Waals surface area (Å²) in [7, 11) is 0. The highest BCUT2D eigenvalue weighted by Crippen LogP contribution is 2.44. The van der Waals surface area contributed by atoms with E-state index in [2.05, 4.69) is 92.9 Å². The van der Waals surface area contributed by atoms with E-state index >= 15 is 0 Å². The minimum Gasteiger partial charge on any atom is -0.455 e. The number of rotatable bonds is 4. The van der Waals surface area contributed by atoms with Gasteiger partial charge in [0, 0.05) is 10.8 Å². The minimum atomic E-state index is 0.356. The van der Waals surface area contributed by atoms with Crippen molar-refractivity contribution in [3.05, 3.63) is 89.4 Å². The Morgan fingerprint density at radius 2 is 1.54 bits per heavy atom. The first-order chi connectivity index (χ1) is 18.0. The molecule has 5 heteroatoms. The van der Waals surface area contributed by atoms with E-state index in [0.29, 0.717) is 11.8 Å². The highest BCUT2D eigenvalue weighted by molar-refractivity contribution is 7.18. The van der Waals surface area contributed by atoms with Crippen LogP contribution in [0.3, 0.4) is 0 Å². The van der Waals surface area contributed by atoms with Gasteiger partial charge >= 0.3 is 0 Å². The molecule has 3 heterocycles. The molecule has 0 aliphatic carbocycles. The molecule has 4 aromatic carbocycles. The summed E-state index contributed by atoms with van der Waals surface area (Å²) in [5, 5.41) is 2.23. The molecule has 0 atom stereocenters. The fraction of sp³-hybridized carbons (Fsp3) is 0.188. The molecule has 0 amide bonds. The summed E-state index contributed by atoms with van der Waals surface area (Å²) in [6.07, 6.45) is 0. The number of aromatic nitrogens is 3. The average Bonchev–Trinajstić information content (AvgIpc) is 3.62. The van der Waals surface area contributed by atoms with Crippen molar-refractivity contribution in [3.8, 4) is 17.1 Å². The molecular formula is C32H27N3OS.